The van der Waals surface area contributed by atoms with Gasteiger partial charge < -0.3 is 60.6 Å². The molecule has 2 saturated heterocycles. The van der Waals surface area contributed by atoms with Crippen LogP contribution in [0.1, 0.15) is 161 Å². The van der Waals surface area contributed by atoms with E-state index in [0.29, 0.717) is 53.2 Å². The number of allylic oxidation sites excluding steroid dienone is 3. The number of hydrogen-bond acceptors (Lipinski definition) is 16. The number of carbonyl (C=O) groups is 5. The molecule has 0 unspecified atom stereocenters. The van der Waals surface area contributed by atoms with E-state index in [-0.39, 0.29) is 73.1 Å². The standard InChI is InChI=1S/C77H117N11O9/c1-55(2)12-8-13-56(3)64-20-21-65-62-19-18-59-52-60(28-31-76(59,4)66(62)29-32-77(64,65)5)78-33-9-37-84-46-48-87(49-47-84)40-30-75(95)80-35-11-39-86-44-42-85(43-45-86)38-10-34-79-73(93)26-27-74(94)81-36-41-88-54-61(82-83-88)53-63(67(89)22-14-57-16-24-69(91)71(50-57)96-6)68(90)23-15-58-17-25-70(92)72(51-58)97-7/h14-18,22-25,50-51,54-56,60,62-66,78,91-92H,8-13,19-21,26-49,52-53H2,1-7H3,(H,79,93)(H,80,95)(H,81,94)/b22-14+,23-15+/t56-,60+,62+,64-,65+,66+,76+,77-/m1/s1. The van der Waals surface area contributed by atoms with Gasteiger partial charge in [0.05, 0.1) is 32.4 Å². The highest BCUT2D eigenvalue weighted by molar-refractivity contribution is 6.13. The van der Waals surface area contributed by atoms with Crippen molar-refractivity contribution in [3.05, 3.63) is 83.2 Å². The highest BCUT2D eigenvalue weighted by Gasteiger charge is 2.59. The molecule has 97 heavy (non-hydrogen) atoms. The van der Waals surface area contributed by atoms with Crippen LogP contribution in [0.2, 0.25) is 0 Å². The number of amides is 3. The number of nitrogens with zero attached hydrogens (tertiary/aromatic N) is 7. The predicted molar refractivity (Wildman–Crippen MR) is 382 cm³/mol. The van der Waals surface area contributed by atoms with Crippen molar-refractivity contribution < 1.29 is 43.7 Å². The number of rotatable bonds is 37. The van der Waals surface area contributed by atoms with Crippen LogP contribution < -0.4 is 30.7 Å². The number of fused-ring (bicyclic) bond motifs is 5. The van der Waals surface area contributed by atoms with Crippen molar-refractivity contribution in [3.8, 4) is 23.0 Å². The lowest BCUT2D eigenvalue weighted by Gasteiger charge is -2.58. The van der Waals surface area contributed by atoms with Gasteiger partial charge in [0, 0.05) is 116 Å². The number of benzene rings is 2. The van der Waals surface area contributed by atoms with E-state index in [4.69, 9.17) is 9.47 Å². The topological polar surface area (TPSA) is 236 Å². The third kappa shape index (κ3) is 21.3. The Bertz CT molecular complexity index is 3070. The zero-order valence-corrected chi connectivity index (χ0v) is 59.7. The number of ether oxygens (including phenoxy) is 2. The summed E-state index contributed by atoms with van der Waals surface area (Å²) in [4.78, 5) is 75.4. The van der Waals surface area contributed by atoms with Crippen LogP contribution in [-0.2, 0) is 36.9 Å². The minimum absolute atomic E-state index is 0.0376. The molecule has 3 heterocycles. The maximum absolute atomic E-state index is 13.6. The lowest BCUT2D eigenvalue weighted by atomic mass is 9.47. The van der Waals surface area contributed by atoms with Crippen molar-refractivity contribution in [2.75, 3.05) is 119 Å². The smallest absolute Gasteiger partial charge is 0.221 e. The number of piperazine rings is 2. The summed E-state index contributed by atoms with van der Waals surface area (Å²) in [5.74, 6) is 3.29. The first-order valence-electron chi connectivity index (χ1n) is 37.0. The molecule has 5 fully saturated rings. The molecule has 6 aliphatic rings. The fourth-order valence-electron chi connectivity index (χ4n) is 17.3. The van der Waals surface area contributed by atoms with Crippen molar-refractivity contribution in [3.63, 3.8) is 0 Å². The molecule has 3 saturated carbocycles. The van der Waals surface area contributed by atoms with Crippen LogP contribution in [0, 0.1) is 52.3 Å². The van der Waals surface area contributed by atoms with Crippen LogP contribution in [-0.4, -0.2) is 199 Å². The highest BCUT2D eigenvalue weighted by Crippen LogP contribution is 2.67. The molecule has 2 aromatic carbocycles. The van der Waals surface area contributed by atoms with Gasteiger partial charge in [0.1, 0.15) is 0 Å². The van der Waals surface area contributed by atoms with Crippen LogP contribution in [0.15, 0.2) is 66.4 Å². The molecule has 4 aliphatic carbocycles. The summed E-state index contributed by atoms with van der Waals surface area (Å²) < 4.78 is 11.9. The zero-order chi connectivity index (χ0) is 68.9. The highest BCUT2D eigenvalue weighted by atomic mass is 16.5. The van der Waals surface area contributed by atoms with Gasteiger partial charge in [-0.1, -0.05) is 95.0 Å². The Morgan fingerprint density at radius 2 is 1.18 bits per heavy atom. The molecule has 20 heteroatoms. The lowest BCUT2D eigenvalue weighted by molar-refractivity contribution is -0.127. The van der Waals surface area contributed by atoms with Gasteiger partial charge in [-0.3, -0.25) is 28.7 Å². The summed E-state index contributed by atoms with van der Waals surface area (Å²) in [7, 11) is 2.84. The summed E-state index contributed by atoms with van der Waals surface area (Å²) in [6, 6.07) is 9.86. The van der Waals surface area contributed by atoms with Crippen LogP contribution in [0.4, 0.5) is 0 Å². The Hall–Kier alpha value is -6.45. The van der Waals surface area contributed by atoms with Crippen LogP contribution in [0.5, 0.6) is 23.0 Å². The van der Waals surface area contributed by atoms with Crippen molar-refractivity contribution in [2.24, 2.45) is 52.3 Å². The third-order valence-corrected chi connectivity index (χ3v) is 23.1. The maximum Gasteiger partial charge on any atom is 0.221 e. The SMILES string of the molecule is COc1cc(/C=C/C(=O)C(Cc2cn(CCNC(=O)CCC(=O)NCCCN3CCN(CCCNC(=O)CCN4CCN(CCCN[C@H]5CC[C@@]6(C)C(=CC[C@H]7[C@@H]8CC[C@H]([C@H](C)CCCC(C)C)[C@@]8(C)CC[C@@H]76)C5)CC4)CC3)nn2)C(=O)/C=C/c2ccc(O)c(OC)c2)ccc1O. The van der Waals surface area contributed by atoms with Gasteiger partial charge in [-0.2, -0.15) is 0 Å². The number of nitrogens with one attached hydrogen (secondary N) is 4. The van der Waals surface area contributed by atoms with E-state index in [9.17, 15) is 34.2 Å². The van der Waals surface area contributed by atoms with E-state index in [1.54, 1.807) is 36.0 Å². The van der Waals surface area contributed by atoms with E-state index >= 15 is 0 Å². The Labute approximate surface area is 578 Å². The van der Waals surface area contributed by atoms with E-state index in [2.05, 4.69) is 91.9 Å². The van der Waals surface area contributed by atoms with Gasteiger partial charge in [0.15, 0.2) is 34.6 Å². The molecule has 2 aliphatic heterocycles. The van der Waals surface area contributed by atoms with Gasteiger partial charge in [-0.15, -0.1) is 5.10 Å². The monoisotopic (exact) mass is 1340 g/mol. The summed E-state index contributed by atoms with van der Waals surface area (Å²) in [5, 5.41) is 41.3. The minimum atomic E-state index is -1.15. The quantitative estimate of drug-likeness (QED) is 0.0136. The number of aromatic hydroxyl groups is 2. The average molecular weight is 1340 g/mol. The fraction of sp³-hybridized carbons (Fsp3) is 0.675. The Morgan fingerprint density at radius 1 is 0.629 bits per heavy atom. The average Bonchev–Trinajstić information content (AvgIpc) is 1.70. The third-order valence-electron chi connectivity index (χ3n) is 23.1. The normalized spacial score (nSPS) is 24.4. The number of phenols is 2. The predicted octanol–water partition coefficient (Wildman–Crippen LogP) is 9.35. The summed E-state index contributed by atoms with van der Waals surface area (Å²) in [5.41, 5.74) is 4.31. The lowest BCUT2D eigenvalue weighted by Crippen LogP contribution is -2.52. The largest absolute Gasteiger partial charge is 0.504 e. The molecule has 8 atom stereocenters. The molecular weight excluding hydrogens is 1220 g/mol. The molecule has 0 radical (unpaired) electrons. The number of hydrogen-bond donors (Lipinski definition) is 6. The van der Waals surface area contributed by atoms with Gasteiger partial charge in [-0.25, -0.2) is 0 Å². The molecular formula is C77H117N11O9. The number of ketones is 2. The summed E-state index contributed by atoms with van der Waals surface area (Å²) in [6.07, 6.45) is 28.9. The Morgan fingerprint density at radius 3 is 1.74 bits per heavy atom. The van der Waals surface area contributed by atoms with E-state index < -0.39 is 17.5 Å². The molecule has 9 rings (SSSR count). The van der Waals surface area contributed by atoms with E-state index in [0.717, 1.165) is 133 Å². The molecule has 6 N–H and O–H groups in total. The van der Waals surface area contributed by atoms with E-state index in [1.807, 2.05) is 0 Å². The van der Waals surface area contributed by atoms with Crippen LogP contribution >= 0.6 is 0 Å². The van der Waals surface area contributed by atoms with Crippen molar-refractivity contribution in [1.82, 2.24) is 55.9 Å². The van der Waals surface area contributed by atoms with Gasteiger partial charge in [0.25, 0.3) is 0 Å². The molecule has 3 aromatic rings. The minimum Gasteiger partial charge on any atom is -0.504 e. The molecule has 0 spiro atoms. The maximum atomic E-state index is 13.6. The van der Waals surface area contributed by atoms with Gasteiger partial charge in [-0.05, 0) is 191 Å². The Balaban J connectivity index is 0.562. The molecule has 20 nitrogen and oxygen atoms in total. The van der Waals surface area contributed by atoms with Crippen molar-refractivity contribution in [2.45, 2.75) is 163 Å². The first-order chi connectivity index (χ1) is 46.8. The second-order valence-electron chi connectivity index (χ2n) is 30.0. The van der Waals surface area contributed by atoms with Crippen molar-refractivity contribution >= 4 is 41.4 Å². The Kier molecular flexibility index (Phi) is 28.2. The zero-order valence-electron chi connectivity index (χ0n) is 59.7. The molecule has 3 amide bonds. The first-order valence-corrected chi connectivity index (χ1v) is 37.0. The second-order valence-corrected chi connectivity index (χ2v) is 30.0. The molecule has 534 valence electrons. The number of methoxy groups -OCH3 is 2. The summed E-state index contributed by atoms with van der Waals surface area (Å²) >= 11 is 0. The molecule has 0 bridgehead atoms. The first kappa shape index (κ1) is 74.8. The van der Waals surface area contributed by atoms with Crippen LogP contribution in [0.3, 0.4) is 0 Å². The van der Waals surface area contributed by atoms with Gasteiger partial charge >= 0.3 is 0 Å². The van der Waals surface area contributed by atoms with Gasteiger partial charge in [0.2, 0.25) is 17.7 Å². The number of carbonyl (C=O) groups excluding carboxylic acids is 5. The summed E-state index contributed by atoms with van der Waals surface area (Å²) in [6.45, 7) is 27.5. The second kappa shape index (κ2) is 36.6. The fourth-order valence-corrected chi connectivity index (χ4v) is 17.3. The molecule has 1 aromatic heterocycles. The van der Waals surface area contributed by atoms with E-state index in [1.165, 1.54) is 132 Å². The van der Waals surface area contributed by atoms with Crippen molar-refractivity contribution in [1.29, 1.82) is 0 Å². The van der Waals surface area contributed by atoms with Crippen LogP contribution in [0.25, 0.3) is 12.2 Å². The number of phenolic OH excluding ortho intramolecular Hbond substituents is 2. The number of aromatic nitrogens is 3.